The van der Waals surface area contributed by atoms with E-state index in [1.54, 1.807) is 6.08 Å². The number of phenolic OH excluding ortho intramolecular Hbond substituents is 4. The van der Waals surface area contributed by atoms with E-state index < -0.39 is 23.7 Å². The Kier molecular flexibility index (Phi) is 8.71. The van der Waals surface area contributed by atoms with Gasteiger partial charge in [0.2, 0.25) is 5.78 Å². The van der Waals surface area contributed by atoms with Gasteiger partial charge in [-0.2, -0.15) is 0 Å². The Hall–Kier alpha value is -3.71. The van der Waals surface area contributed by atoms with Crippen LogP contribution in [-0.2, 0) is 12.8 Å². The van der Waals surface area contributed by atoms with Gasteiger partial charge in [-0.25, -0.2) is 0 Å². The number of hydrogen-bond donors (Lipinski definition) is 5. The van der Waals surface area contributed by atoms with Gasteiger partial charge in [0.05, 0.1) is 0 Å². The summed E-state index contributed by atoms with van der Waals surface area (Å²) in [6.07, 6.45) is 5.00. The SMILES string of the molecule is CC(C)=CCC/C(C)=C/Cc1c(O)ccc([C@H]2Oc3cc(O)c(CC=C(C)C)c(O)c3C(=O)[C@@H]2O)c1O. The van der Waals surface area contributed by atoms with Gasteiger partial charge in [-0.05, 0) is 72.4 Å². The highest BCUT2D eigenvalue weighted by atomic mass is 16.5. The minimum Gasteiger partial charge on any atom is -0.508 e. The lowest BCUT2D eigenvalue weighted by atomic mass is 9.89. The predicted molar refractivity (Wildman–Crippen MR) is 143 cm³/mol. The molecule has 1 heterocycles. The van der Waals surface area contributed by atoms with Crippen molar-refractivity contribution >= 4 is 5.78 Å². The second-order valence-corrected chi connectivity index (χ2v) is 10.0. The lowest BCUT2D eigenvalue weighted by Gasteiger charge is -2.31. The van der Waals surface area contributed by atoms with Crippen LogP contribution in [0.4, 0.5) is 0 Å². The third kappa shape index (κ3) is 6.17. The molecule has 2 atom stereocenters. The summed E-state index contributed by atoms with van der Waals surface area (Å²) in [4.78, 5) is 13.1. The monoisotopic (exact) mass is 508 g/mol. The van der Waals surface area contributed by atoms with Gasteiger partial charge in [-0.3, -0.25) is 4.79 Å². The lowest BCUT2D eigenvalue weighted by molar-refractivity contribution is 0.0202. The third-order valence-corrected chi connectivity index (χ3v) is 6.46. The number of ether oxygens (including phenoxy) is 1. The molecule has 0 radical (unpaired) electrons. The minimum atomic E-state index is -1.72. The summed E-state index contributed by atoms with van der Waals surface area (Å²) in [5.74, 6) is -1.99. The number of aliphatic hydroxyl groups excluding tert-OH is 1. The van der Waals surface area contributed by atoms with Crippen molar-refractivity contribution in [1.82, 2.24) is 0 Å². The maximum absolute atomic E-state index is 13.1. The summed E-state index contributed by atoms with van der Waals surface area (Å²) < 4.78 is 5.85. The zero-order chi connectivity index (χ0) is 27.4. The summed E-state index contributed by atoms with van der Waals surface area (Å²) in [5, 5.41) is 53.5. The molecule has 7 nitrogen and oxygen atoms in total. The van der Waals surface area contributed by atoms with Crippen LogP contribution in [0, 0.1) is 0 Å². The molecule has 1 aliphatic heterocycles. The van der Waals surface area contributed by atoms with Crippen LogP contribution in [0.2, 0.25) is 0 Å². The Morgan fingerprint density at radius 2 is 1.49 bits per heavy atom. The van der Waals surface area contributed by atoms with Crippen molar-refractivity contribution in [2.24, 2.45) is 0 Å². The highest BCUT2D eigenvalue weighted by Gasteiger charge is 2.41. The molecule has 0 unspecified atom stereocenters. The number of aromatic hydroxyl groups is 4. The predicted octanol–water partition coefficient (Wildman–Crippen LogP) is 5.93. The number of benzene rings is 2. The zero-order valence-corrected chi connectivity index (χ0v) is 22.0. The number of aliphatic hydroxyl groups is 1. The molecule has 0 amide bonds. The minimum absolute atomic E-state index is 0.0970. The van der Waals surface area contributed by atoms with Gasteiger partial charge in [0.25, 0.3) is 0 Å². The summed E-state index contributed by atoms with van der Waals surface area (Å²) in [7, 11) is 0. The second-order valence-electron chi connectivity index (χ2n) is 10.0. The number of rotatable bonds is 8. The normalized spacial score (nSPS) is 17.1. The topological polar surface area (TPSA) is 127 Å². The average molecular weight is 509 g/mol. The molecule has 7 heteroatoms. The number of carbonyl (C=O) groups excluding carboxylic acids is 1. The van der Waals surface area contributed by atoms with Gasteiger partial charge in [-0.1, -0.05) is 34.9 Å². The highest BCUT2D eigenvalue weighted by molar-refractivity contribution is 6.06. The quantitative estimate of drug-likeness (QED) is 0.280. The zero-order valence-electron chi connectivity index (χ0n) is 22.0. The standard InChI is InChI=1S/C30H36O7/c1-16(2)7-6-8-18(5)10-12-19-22(31)14-13-21(26(19)33)30-29(36)28(35)25-24(37-30)15-23(32)20(27(25)34)11-9-17(3)4/h7,9-10,13-15,29-34,36H,6,8,11-12H2,1-5H3/b18-10+/t29-,30+/m0/s1. The number of ketones is 1. The van der Waals surface area contributed by atoms with E-state index in [2.05, 4.69) is 6.08 Å². The van der Waals surface area contributed by atoms with Crippen LogP contribution in [0.25, 0.3) is 0 Å². The van der Waals surface area contributed by atoms with E-state index in [9.17, 15) is 30.3 Å². The van der Waals surface area contributed by atoms with Crippen LogP contribution in [0.1, 0.15) is 80.6 Å². The fourth-order valence-corrected chi connectivity index (χ4v) is 4.27. The van der Waals surface area contributed by atoms with E-state index in [1.807, 2.05) is 40.7 Å². The molecular formula is C30H36O7. The maximum Gasteiger partial charge on any atom is 0.202 e. The molecule has 5 N–H and O–H groups in total. The maximum atomic E-state index is 13.1. The first-order valence-electron chi connectivity index (χ1n) is 12.3. The molecule has 0 bridgehead atoms. The van der Waals surface area contributed by atoms with Crippen LogP contribution in [0.15, 0.2) is 53.1 Å². The molecule has 0 spiro atoms. The number of hydrogen-bond acceptors (Lipinski definition) is 7. The van der Waals surface area contributed by atoms with E-state index in [4.69, 9.17) is 4.74 Å². The van der Waals surface area contributed by atoms with E-state index in [0.717, 1.165) is 24.0 Å². The Morgan fingerprint density at radius 3 is 2.14 bits per heavy atom. The summed E-state index contributed by atoms with van der Waals surface area (Å²) in [5.41, 5.74) is 3.60. The first kappa shape index (κ1) is 27.9. The van der Waals surface area contributed by atoms with Crippen molar-refractivity contribution in [1.29, 1.82) is 0 Å². The molecule has 0 aromatic heterocycles. The van der Waals surface area contributed by atoms with Crippen molar-refractivity contribution in [3.05, 3.63) is 75.4 Å². The number of allylic oxidation sites excluding steroid dienone is 6. The van der Waals surface area contributed by atoms with Crippen LogP contribution in [0.3, 0.4) is 0 Å². The molecule has 37 heavy (non-hydrogen) atoms. The van der Waals surface area contributed by atoms with Crippen LogP contribution in [-0.4, -0.2) is 37.4 Å². The lowest BCUT2D eigenvalue weighted by Crippen LogP contribution is -2.36. The molecule has 0 fully saturated rings. The molecule has 2 aromatic carbocycles. The highest BCUT2D eigenvalue weighted by Crippen LogP contribution is 2.47. The molecule has 0 saturated heterocycles. The van der Waals surface area contributed by atoms with Crippen molar-refractivity contribution < 1.29 is 35.1 Å². The van der Waals surface area contributed by atoms with Gasteiger partial charge in [0, 0.05) is 22.8 Å². The number of carbonyl (C=O) groups is 1. The van der Waals surface area contributed by atoms with E-state index >= 15 is 0 Å². The summed E-state index contributed by atoms with van der Waals surface area (Å²) in [6.45, 7) is 9.80. The first-order chi connectivity index (χ1) is 17.4. The van der Waals surface area contributed by atoms with Gasteiger partial charge in [0.1, 0.15) is 34.3 Å². The van der Waals surface area contributed by atoms with Crippen LogP contribution in [0.5, 0.6) is 28.7 Å². The molecule has 3 rings (SSSR count). The van der Waals surface area contributed by atoms with Gasteiger partial charge < -0.3 is 30.3 Å². The van der Waals surface area contributed by atoms with Crippen molar-refractivity contribution in [2.75, 3.05) is 0 Å². The van der Waals surface area contributed by atoms with Crippen molar-refractivity contribution in [3.63, 3.8) is 0 Å². The smallest absolute Gasteiger partial charge is 0.202 e. The Morgan fingerprint density at radius 1 is 0.865 bits per heavy atom. The van der Waals surface area contributed by atoms with Crippen molar-refractivity contribution in [3.8, 4) is 28.7 Å². The largest absolute Gasteiger partial charge is 0.508 e. The summed E-state index contributed by atoms with van der Waals surface area (Å²) >= 11 is 0. The van der Waals surface area contributed by atoms with E-state index in [0.29, 0.717) is 0 Å². The molecule has 1 aliphatic rings. The summed E-state index contributed by atoms with van der Waals surface area (Å²) in [6, 6.07) is 4.00. The number of fused-ring (bicyclic) bond motifs is 1. The first-order valence-corrected chi connectivity index (χ1v) is 12.3. The molecule has 0 saturated carbocycles. The van der Waals surface area contributed by atoms with Gasteiger partial charge >= 0.3 is 0 Å². The van der Waals surface area contributed by atoms with Gasteiger partial charge in [0.15, 0.2) is 12.2 Å². The van der Waals surface area contributed by atoms with Gasteiger partial charge in [-0.15, -0.1) is 0 Å². The Balaban J connectivity index is 1.94. The van der Waals surface area contributed by atoms with E-state index in [-0.39, 0.29) is 58.1 Å². The van der Waals surface area contributed by atoms with E-state index in [1.165, 1.54) is 23.8 Å². The fourth-order valence-electron chi connectivity index (χ4n) is 4.27. The average Bonchev–Trinajstić information content (AvgIpc) is 2.80. The molecular weight excluding hydrogens is 472 g/mol. The molecule has 198 valence electrons. The third-order valence-electron chi connectivity index (χ3n) is 6.46. The number of Topliss-reactive ketones (excluding diaryl/α,β-unsaturated/α-hetero) is 1. The van der Waals surface area contributed by atoms with Crippen molar-refractivity contribution in [2.45, 2.75) is 72.5 Å². The van der Waals surface area contributed by atoms with Crippen LogP contribution < -0.4 is 4.74 Å². The second kappa shape index (κ2) is 11.6. The fraction of sp³-hybridized carbons (Fsp3) is 0.367. The molecule has 0 aliphatic carbocycles. The van der Waals surface area contributed by atoms with Crippen LogP contribution >= 0.6 is 0 Å². The Labute approximate surface area is 217 Å². The Bertz CT molecular complexity index is 1280. The number of phenols is 4. The molecule has 2 aromatic rings.